The number of rotatable bonds is 3. The minimum Gasteiger partial charge on any atom is -0.481 e. The molecule has 0 saturated carbocycles. The summed E-state index contributed by atoms with van der Waals surface area (Å²) in [6, 6.07) is 0. The number of nitrogens with zero attached hydrogens (tertiary/aromatic N) is 3. The van der Waals surface area contributed by atoms with E-state index in [0.29, 0.717) is 0 Å². The lowest BCUT2D eigenvalue weighted by Gasteiger charge is -1.87. The number of H-pyrrole nitrogens is 1. The topological polar surface area (TPSA) is 121 Å². The number of hydrogen-bond acceptors (Lipinski definition) is 4. The monoisotopic (exact) mass is 282 g/mol. The Bertz CT molecular complexity index is 446. The van der Waals surface area contributed by atoms with Crippen LogP contribution >= 0.6 is 0 Å². The summed E-state index contributed by atoms with van der Waals surface area (Å²) < 4.78 is 1.97. The van der Waals surface area contributed by atoms with Crippen molar-refractivity contribution in [2.24, 2.45) is 7.05 Å². The molecule has 2 rings (SSSR count). The smallest absolute Gasteiger partial charge is 0.303 e. The molecule has 0 aromatic carbocycles. The van der Waals surface area contributed by atoms with Gasteiger partial charge >= 0.3 is 11.9 Å². The number of carboxylic acids is 2. The molecule has 2 aromatic heterocycles. The fraction of sp³-hybridized carbons (Fsp3) is 0.333. The van der Waals surface area contributed by atoms with E-state index in [-0.39, 0.29) is 12.8 Å². The number of carboxylic acid groups (broad SMARTS) is 2. The first-order valence-electron chi connectivity index (χ1n) is 5.73. The Balaban J connectivity index is 0.000000276. The van der Waals surface area contributed by atoms with Gasteiger partial charge in [0, 0.05) is 31.8 Å². The third-order valence-electron chi connectivity index (χ3n) is 2.02. The zero-order valence-electron chi connectivity index (χ0n) is 11.4. The number of aromatic nitrogens is 4. The Kier molecular flexibility index (Phi) is 8.94. The van der Waals surface area contributed by atoms with Gasteiger partial charge in [0.1, 0.15) is 5.82 Å². The van der Waals surface area contributed by atoms with Crippen LogP contribution < -0.4 is 0 Å². The molecule has 20 heavy (non-hydrogen) atoms. The molecule has 0 saturated heterocycles. The van der Waals surface area contributed by atoms with Gasteiger partial charge < -0.3 is 19.8 Å². The maximum absolute atomic E-state index is 9.64. The third kappa shape index (κ3) is 10.5. The van der Waals surface area contributed by atoms with E-state index < -0.39 is 11.9 Å². The van der Waals surface area contributed by atoms with E-state index >= 15 is 0 Å². The van der Waals surface area contributed by atoms with E-state index in [9.17, 15) is 9.59 Å². The summed E-state index contributed by atoms with van der Waals surface area (Å²) in [4.78, 5) is 29.7. The number of imidazole rings is 2. The summed E-state index contributed by atoms with van der Waals surface area (Å²) in [7, 11) is 1.97. The summed E-state index contributed by atoms with van der Waals surface area (Å²) in [5.74, 6) is -1.10. The minimum atomic E-state index is -1.08. The highest BCUT2D eigenvalue weighted by molar-refractivity contribution is 5.75. The van der Waals surface area contributed by atoms with Crippen LogP contribution in [0, 0.1) is 6.92 Å². The Morgan fingerprint density at radius 1 is 1.25 bits per heavy atom. The molecule has 0 amide bonds. The standard InChI is InChI=1S/C5H8N2.C4H6O4.C3H4N2/c1-5-6-3-4-7(5)2;5-3(6)1-2-4(7)8;1-2-5-3-4-1/h3-4H,1-2H3;1-2H2,(H,5,6)(H,7,8);1-3H,(H,4,5). The second-order valence-electron chi connectivity index (χ2n) is 3.63. The molecule has 3 N–H and O–H groups in total. The molecule has 0 aliphatic heterocycles. The van der Waals surface area contributed by atoms with E-state index in [4.69, 9.17) is 10.2 Å². The number of aryl methyl sites for hydroxylation is 2. The highest BCUT2D eigenvalue weighted by Gasteiger charge is 2.00. The van der Waals surface area contributed by atoms with Gasteiger partial charge in [-0.15, -0.1) is 0 Å². The zero-order valence-corrected chi connectivity index (χ0v) is 11.4. The van der Waals surface area contributed by atoms with Crippen molar-refractivity contribution >= 4 is 11.9 Å². The molecule has 8 heteroatoms. The maximum Gasteiger partial charge on any atom is 0.303 e. The van der Waals surface area contributed by atoms with Gasteiger partial charge in [0.25, 0.3) is 0 Å². The van der Waals surface area contributed by atoms with Crippen molar-refractivity contribution in [3.63, 3.8) is 0 Å². The van der Waals surface area contributed by atoms with E-state index in [1.807, 2.05) is 24.7 Å². The van der Waals surface area contributed by atoms with Gasteiger partial charge in [0.15, 0.2) is 0 Å². The summed E-state index contributed by atoms with van der Waals surface area (Å²) in [5, 5.41) is 15.8. The summed E-state index contributed by atoms with van der Waals surface area (Å²) in [6.07, 6.45) is 8.20. The van der Waals surface area contributed by atoms with Crippen LogP contribution in [0.1, 0.15) is 18.7 Å². The molecule has 0 unspecified atom stereocenters. The molecule has 0 radical (unpaired) electrons. The molecular weight excluding hydrogens is 264 g/mol. The van der Waals surface area contributed by atoms with Crippen LogP contribution in [0.5, 0.6) is 0 Å². The molecule has 2 aromatic rings. The van der Waals surface area contributed by atoms with Crippen LogP contribution in [0.2, 0.25) is 0 Å². The molecule has 0 atom stereocenters. The largest absolute Gasteiger partial charge is 0.481 e. The van der Waals surface area contributed by atoms with Crippen molar-refractivity contribution in [1.29, 1.82) is 0 Å². The van der Waals surface area contributed by atoms with E-state index in [1.54, 1.807) is 24.9 Å². The zero-order chi connectivity index (χ0) is 15.4. The van der Waals surface area contributed by atoms with Crippen LogP contribution in [0.15, 0.2) is 31.1 Å². The molecule has 8 nitrogen and oxygen atoms in total. The van der Waals surface area contributed by atoms with Crippen LogP contribution in [0.3, 0.4) is 0 Å². The van der Waals surface area contributed by atoms with Gasteiger partial charge in [-0.25, -0.2) is 9.97 Å². The molecular formula is C12H18N4O4. The number of carbonyl (C=O) groups is 2. The van der Waals surface area contributed by atoms with Gasteiger partial charge in [-0.3, -0.25) is 9.59 Å². The summed E-state index contributed by atoms with van der Waals surface area (Å²) in [5.41, 5.74) is 0. The normalized spacial score (nSPS) is 8.70. The second kappa shape index (κ2) is 10.3. The fourth-order valence-electron chi connectivity index (χ4n) is 0.869. The van der Waals surface area contributed by atoms with Gasteiger partial charge in [0.2, 0.25) is 0 Å². The van der Waals surface area contributed by atoms with Crippen LogP contribution in [-0.4, -0.2) is 41.7 Å². The molecule has 0 fully saturated rings. The molecule has 0 spiro atoms. The van der Waals surface area contributed by atoms with Crippen molar-refractivity contribution < 1.29 is 19.8 Å². The Labute approximate surface area is 116 Å². The average Bonchev–Trinajstić information content (AvgIpc) is 3.04. The number of aromatic amines is 1. The summed E-state index contributed by atoms with van der Waals surface area (Å²) >= 11 is 0. The van der Waals surface area contributed by atoms with Gasteiger partial charge in [-0.05, 0) is 6.92 Å². The van der Waals surface area contributed by atoms with Gasteiger partial charge in [0.05, 0.1) is 19.2 Å². The Morgan fingerprint density at radius 2 is 1.85 bits per heavy atom. The number of aliphatic carboxylic acids is 2. The molecule has 0 aliphatic rings. The number of nitrogens with one attached hydrogen (secondary N) is 1. The maximum atomic E-state index is 9.64. The molecule has 110 valence electrons. The van der Waals surface area contributed by atoms with Crippen molar-refractivity contribution in [2.45, 2.75) is 19.8 Å². The van der Waals surface area contributed by atoms with Crippen molar-refractivity contribution in [3.8, 4) is 0 Å². The van der Waals surface area contributed by atoms with Crippen LogP contribution in [0.25, 0.3) is 0 Å². The third-order valence-corrected chi connectivity index (χ3v) is 2.02. The van der Waals surface area contributed by atoms with Gasteiger partial charge in [-0.2, -0.15) is 0 Å². The van der Waals surface area contributed by atoms with E-state index in [0.717, 1.165) is 5.82 Å². The predicted octanol–water partition coefficient (Wildman–Crippen LogP) is 1.07. The fourth-order valence-corrected chi connectivity index (χ4v) is 0.869. The first-order chi connectivity index (χ1) is 9.43. The van der Waals surface area contributed by atoms with Gasteiger partial charge in [-0.1, -0.05) is 0 Å². The lowest BCUT2D eigenvalue weighted by Crippen LogP contribution is -2.00. The summed E-state index contributed by atoms with van der Waals surface area (Å²) in [6.45, 7) is 1.97. The quantitative estimate of drug-likeness (QED) is 0.774. The lowest BCUT2D eigenvalue weighted by molar-refractivity contribution is -0.143. The van der Waals surface area contributed by atoms with Crippen LogP contribution in [0.4, 0.5) is 0 Å². The highest BCUT2D eigenvalue weighted by atomic mass is 16.4. The Hall–Kier alpha value is -2.64. The SMILES string of the molecule is Cc1nccn1C.O=C(O)CCC(=O)O.c1c[nH]cn1. The van der Waals surface area contributed by atoms with Crippen LogP contribution in [-0.2, 0) is 16.6 Å². The first kappa shape index (κ1) is 17.4. The average molecular weight is 282 g/mol. The van der Waals surface area contributed by atoms with E-state index in [1.165, 1.54) is 0 Å². The van der Waals surface area contributed by atoms with Crippen molar-refractivity contribution in [2.75, 3.05) is 0 Å². The number of hydrogen-bond donors (Lipinski definition) is 3. The predicted molar refractivity (Wildman–Crippen MR) is 71.0 cm³/mol. The Morgan fingerprint density at radius 3 is 2.00 bits per heavy atom. The molecule has 2 heterocycles. The van der Waals surface area contributed by atoms with Crippen molar-refractivity contribution in [3.05, 3.63) is 36.9 Å². The highest BCUT2D eigenvalue weighted by Crippen LogP contribution is 1.87. The van der Waals surface area contributed by atoms with Crippen molar-refractivity contribution in [1.82, 2.24) is 19.5 Å². The minimum absolute atomic E-state index is 0.296. The molecule has 0 aliphatic carbocycles. The second-order valence-corrected chi connectivity index (χ2v) is 3.63. The van der Waals surface area contributed by atoms with E-state index in [2.05, 4.69) is 15.0 Å². The lowest BCUT2D eigenvalue weighted by atomic mass is 10.3. The first-order valence-corrected chi connectivity index (χ1v) is 5.73. The molecule has 0 bridgehead atoms.